The molecule has 0 saturated heterocycles. The predicted molar refractivity (Wildman–Crippen MR) is 96.6 cm³/mol. The fourth-order valence-corrected chi connectivity index (χ4v) is 2.61. The summed E-state index contributed by atoms with van der Waals surface area (Å²) in [5.74, 6) is -0.782. The Hall–Kier alpha value is -2.02. The van der Waals surface area contributed by atoms with E-state index >= 15 is 0 Å². The summed E-state index contributed by atoms with van der Waals surface area (Å²) in [4.78, 5) is 29.3. The van der Waals surface area contributed by atoms with Gasteiger partial charge in [-0.15, -0.1) is 0 Å². The van der Waals surface area contributed by atoms with Crippen LogP contribution in [0.3, 0.4) is 0 Å². The number of halogens is 1. The lowest BCUT2D eigenvalue weighted by Crippen LogP contribution is -2.46. The van der Waals surface area contributed by atoms with E-state index in [9.17, 15) is 14.7 Å². The molecule has 2 rings (SSSR count). The number of ether oxygens (including phenoxy) is 2. The zero-order chi connectivity index (χ0) is 19.5. The number of aromatic nitrogens is 1. The molecule has 1 heterocycles. The van der Waals surface area contributed by atoms with Gasteiger partial charge in [0.05, 0.1) is 5.02 Å². The summed E-state index contributed by atoms with van der Waals surface area (Å²) in [6.07, 6.45) is 3.86. The molecule has 1 aromatic rings. The van der Waals surface area contributed by atoms with E-state index in [1.54, 1.807) is 26.8 Å². The number of likely N-dealkylation sites (N-methyl/N-ethyl adjacent to an activating group) is 1. The van der Waals surface area contributed by atoms with Crippen LogP contribution >= 0.6 is 11.6 Å². The van der Waals surface area contributed by atoms with Crippen LogP contribution in [0.4, 0.5) is 4.79 Å². The van der Waals surface area contributed by atoms with E-state index in [0.29, 0.717) is 16.5 Å². The van der Waals surface area contributed by atoms with Crippen LogP contribution in [-0.2, 0) is 16.0 Å². The number of pyridine rings is 1. The van der Waals surface area contributed by atoms with Gasteiger partial charge in [-0.25, -0.2) is 14.6 Å². The van der Waals surface area contributed by atoms with Crippen molar-refractivity contribution in [2.24, 2.45) is 0 Å². The Balaban J connectivity index is 2.19. The number of carbonyl (C=O) groups is 2. The van der Waals surface area contributed by atoms with Crippen molar-refractivity contribution in [3.05, 3.63) is 22.8 Å². The minimum absolute atomic E-state index is 0.0146. The molecule has 26 heavy (non-hydrogen) atoms. The maximum Gasteiger partial charge on any atom is 0.410 e. The third kappa shape index (κ3) is 5.49. The zero-order valence-electron chi connectivity index (χ0n) is 15.5. The highest BCUT2D eigenvalue weighted by molar-refractivity contribution is 6.30. The summed E-state index contributed by atoms with van der Waals surface area (Å²) in [6.45, 7) is 5.17. The number of carbonyl (C=O) groups excluding carboxylic acids is 1. The van der Waals surface area contributed by atoms with Gasteiger partial charge >= 0.3 is 12.1 Å². The first-order chi connectivity index (χ1) is 12.1. The van der Waals surface area contributed by atoms with Crippen molar-refractivity contribution in [2.75, 3.05) is 7.05 Å². The summed E-state index contributed by atoms with van der Waals surface area (Å²) in [6, 6.07) is 0.496. The molecule has 1 amide bonds. The summed E-state index contributed by atoms with van der Waals surface area (Å²) in [7, 11) is 1.40. The quantitative estimate of drug-likeness (QED) is 0.807. The number of rotatable bonds is 6. The van der Waals surface area contributed by atoms with Gasteiger partial charge in [-0.05, 0) is 46.1 Å². The average molecular weight is 385 g/mol. The highest BCUT2D eigenvalue weighted by Crippen LogP contribution is 2.29. The smallest absolute Gasteiger partial charge is 0.410 e. The number of carboxylic acid groups (broad SMARTS) is 1. The summed E-state index contributed by atoms with van der Waals surface area (Å²) < 4.78 is 11.1. The average Bonchev–Trinajstić information content (AvgIpc) is 2.47. The molecule has 1 saturated carbocycles. The van der Waals surface area contributed by atoms with Crippen LogP contribution < -0.4 is 4.74 Å². The minimum Gasteiger partial charge on any atom is -0.480 e. The number of hydrogen-bond donors (Lipinski definition) is 1. The Labute approximate surface area is 158 Å². The van der Waals surface area contributed by atoms with Crippen LogP contribution in [0.25, 0.3) is 0 Å². The normalized spacial score (nSPS) is 15.7. The molecule has 1 N–H and O–H groups in total. The fourth-order valence-electron chi connectivity index (χ4n) is 2.43. The van der Waals surface area contributed by atoms with E-state index in [1.807, 2.05) is 0 Å². The van der Waals surface area contributed by atoms with E-state index in [1.165, 1.54) is 13.2 Å². The first-order valence-electron chi connectivity index (χ1n) is 8.56. The van der Waals surface area contributed by atoms with E-state index in [2.05, 4.69) is 4.98 Å². The van der Waals surface area contributed by atoms with Crippen LogP contribution in [0, 0.1) is 0 Å². The second-order valence-corrected chi connectivity index (χ2v) is 7.87. The second kappa shape index (κ2) is 8.12. The van der Waals surface area contributed by atoms with Crippen LogP contribution in [-0.4, -0.2) is 51.8 Å². The van der Waals surface area contributed by atoms with Gasteiger partial charge in [0.15, 0.2) is 0 Å². The van der Waals surface area contributed by atoms with Crippen LogP contribution in [0.1, 0.15) is 45.6 Å². The molecule has 1 aliphatic carbocycles. The Morgan fingerprint density at radius 2 is 2.08 bits per heavy atom. The molecule has 0 aromatic carbocycles. The van der Waals surface area contributed by atoms with Crippen molar-refractivity contribution in [1.82, 2.24) is 9.88 Å². The minimum atomic E-state index is -1.15. The first-order valence-corrected chi connectivity index (χ1v) is 8.94. The molecule has 1 unspecified atom stereocenters. The molecular weight excluding hydrogens is 360 g/mol. The number of aliphatic carboxylic acids is 1. The molecule has 0 radical (unpaired) electrons. The van der Waals surface area contributed by atoms with Gasteiger partial charge in [-0.3, -0.25) is 4.90 Å². The number of carboxylic acids is 1. The zero-order valence-corrected chi connectivity index (χ0v) is 16.2. The molecule has 1 fully saturated rings. The Morgan fingerprint density at radius 3 is 2.58 bits per heavy atom. The molecule has 0 aliphatic heterocycles. The van der Waals surface area contributed by atoms with Crippen molar-refractivity contribution in [1.29, 1.82) is 0 Å². The number of nitrogens with zero attached hydrogens (tertiary/aromatic N) is 2. The van der Waals surface area contributed by atoms with Crippen molar-refractivity contribution < 1.29 is 24.2 Å². The molecule has 0 spiro atoms. The van der Waals surface area contributed by atoms with E-state index in [-0.39, 0.29) is 12.5 Å². The van der Waals surface area contributed by atoms with Crippen LogP contribution in [0.15, 0.2) is 12.3 Å². The van der Waals surface area contributed by atoms with E-state index < -0.39 is 23.7 Å². The number of amides is 1. The number of hydrogen-bond acceptors (Lipinski definition) is 5. The van der Waals surface area contributed by atoms with Gasteiger partial charge in [-0.2, -0.15) is 0 Å². The lowest BCUT2D eigenvalue weighted by atomic mass is 9.96. The second-order valence-electron chi connectivity index (χ2n) is 7.44. The molecule has 0 bridgehead atoms. The molecule has 1 atom stereocenters. The molecule has 1 aliphatic rings. The van der Waals surface area contributed by atoms with Gasteiger partial charge in [0.1, 0.15) is 17.7 Å². The van der Waals surface area contributed by atoms with E-state index in [0.717, 1.165) is 24.2 Å². The van der Waals surface area contributed by atoms with Gasteiger partial charge in [0.25, 0.3) is 0 Å². The standard InChI is InChI=1S/C18H25ClN2O5/c1-18(2,3)26-17(24)21(4)14(16(22)23)9-11-8-12(19)10-20-15(11)25-13-6-5-7-13/h8,10,13-14H,5-7,9H2,1-4H3,(H,22,23). The van der Waals surface area contributed by atoms with Gasteiger partial charge in [-0.1, -0.05) is 11.6 Å². The highest BCUT2D eigenvalue weighted by atomic mass is 35.5. The summed E-state index contributed by atoms with van der Waals surface area (Å²) in [5.41, 5.74) is -0.169. The van der Waals surface area contributed by atoms with Gasteiger partial charge in [0, 0.05) is 25.2 Å². The first kappa shape index (κ1) is 20.3. The SMILES string of the molecule is CN(C(=O)OC(C)(C)C)C(Cc1cc(Cl)cnc1OC1CCC1)C(=O)O. The topological polar surface area (TPSA) is 89.0 Å². The molecule has 7 nitrogen and oxygen atoms in total. The molecular formula is C18H25ClN2O5. The van der Waals surface area contributed by atoms with Crippen molar-refractivity contribution in [3.63, 3.8) is 0 Å². The van der Waals surface area contributed by atoms with Gasteiger partial charge < -0.3 is 14.6 Å². The lowest BCUT2D eigenvalue weighted by molar-refractivity contribution is -0.142. The Morgan fingerprint density at radius 1 is 1.42 bits per heavy atom. The van der Waals surface area contributed by atoms with Crippen molar-refractivity contribution in [3.8, 4) is 5.88 Å². The lowest BCUT2D eigenvalue weighted by Gasteiger charge is -2.30. The molecule has 144 valence electrons. The van der Waals surface area contributed by atoms with Gasteiger partial charge in [0.2, 0.25) is 5.88 Å². The summed E-state index contributed by atoms with van der Waals surface area (Å²) >= 11 is 6.02. The third-order valence-electron chi connectivity index (χ3n) is 4.07. The maximum atomic E-state index is 12.2. The fraction of sp³-hybridized carbons (Fsp3) is 0.611. The third-order valence-corrected chi connectivity index (χ3v) is 4.28. The van der Waals surface area contributed by atoms with Crippen LogP contribution in [0.5, 0.6) is 5.88 Å². The Bertz CT molecular complexity index is 670. The van der Waals surface area contributed by atoms with Crippen molar-refractivity contribution in [2.45, 2.75) is 64.2 Å². The van der Waals surface area contributed by atoms with E-state index in [4.69, 9.17) is 21.1 Å². The molecule has 1 aromatic heterocycles. The molecule has 8 heteroatoms. The maximum absolute atomic E-state index is 12.2. The monoisotopic (exact) mass is 384 g/mol. The Kier molecular flexibility index (Phi) is 6.34. The highest BCUT2D eigenvalue weighted by Gasteiger charge is 2.32. The van der Waals surface area contributed by atoms with Crippen molar-refractivity contribution >= 4 is 23.7 Å². The largest absolute Gasteiger partial charge is 0.480 e. The van der Waals surface area contributed by atoms with Crippen LogP contribution in [0.2, 0.25) is 5.02 Å². The predicted octanol–water partition coefficient (Wildman–Crippen LogP) is 3.53. The summed E-state index contributed by atoms with van der Waals surface area (Å²) in [5, 5.41) is 9.99.